The fourth-order valence-corrected chi connectivity index (χ4v) is 3.62. The smallest absolute Gasteiger partial charge is 0.222 e. The molecule has 1 atom stereocenters. The molecule has 2 aromatic carbocycles. The second-order valence-electron chi connectivity index (χ2n) is 7.34. The molecule has 9 heteroatoms. The SMILES string of the molecule is Cc1cccc(-c2n[nH]c(=S)n2CCC(=O)NC(C)c2ccc(-n3cncn3)cc2)c1. The number of carbonyl (C=O) groups is 1. The standard InChI is InChI=1S/C22H23N7OS/c1-15-4-3-5-18(12-15)21-26-27-22(31)28(21)11-10-20(30)25-16(2)17-6-8-19(9-7-17)29-14-23-13-24-29/h3-9,12-14,16H,10-11H2,1-2H3,(H,25,30)(H,27,31). The van der Waals surface area contributed by atoms with Crippen molar-refractivity contribution in [1.82, 2.24) is 34.8 Å². The van der Waals surface area contributed by atoms with E-state index < -0.39 is 0 Å². The van der Waals surface area contributed by atoms with Crippen LogP contribution in [-0.4, -0.2) is 35.4 Å². The maximum absolute atomic E-state index is 12.6. The zero-order valence-corrected chi connectivity index (χ0v) is 18.1. The van der Waals surface area contributed by atoms with Crippen LogP contribution in [0.1, 0.15) is 30.5 Å². The quantitative estimate of drug-likeness (QED) is 0.433. The zero-order chi connectivity index (χ0) is 21.8. The molecule has 0 aliphatic rings. The number of benzene rings is 2. The van der Waals surface area contributed by atoms with Crippen LogP contribution in [0.25, 0.3) is 17.1 Å². The number of hydrogen-bond acceptors (Lipinski definition) is 5. The van der Waals surface area contributed by atoms with Crippen LogP contribution in [0.2, 0.25) is 0 Å². The number of carbonyl (C=O) groups excluding carboxylic acids is 1. The molecule has 4 aromatic rings. The Bertz CT molecular complexity index is 1230. The van der Waals surface area contributed by atoms with Gasteiger partial charge in [-0.2, -0.15) is 10.2 Å². The fourth-order valence-electron chi connectivity index (χ4n) is 3.40. The molecular weight excluding hydrogens is 410 g/mol. The molecule has 0 saturated carbocycles. The maximum atomic E-state index is 12.6. The number of aromatic nitrogens is 6. The molecule has 158 valence electrons. The van der Waals surface area contributed by atoms with Gasteiger partial charge in [0.2, 0.25) is 5.91 Å². The van der Waals surface area contributed by atoms with E-state index in [1.165, 1.54) is 6.33 Å². The molecule has 0 bridgehead atoms. The van der Waals surface area contributed by atoms with E-state index >= 15 is 0 Å². The summed E-state index contributed by atoms with van der Waals surface area (Å²) in [7, 11) is 0. The normalized spacial score (nSPS) is 11.9. The molecule has 1 amide bonds. The van der Waals surface area contributed by atoms with Crippen molar-refractivity contribution in [3.8, 4) is 17.1 Å². The molecule has 2 aromatic heterocycles. The first-order chi connectivity index (χ1) is 15.0. The van der Waals surface area contributed by atoms with Crippen LogP contribution in [-0.2, 0) is 11.3 Å². The molecule has 8 nitrogen and oxygen atoms in total. The summed E-state index contributed by atoms with van der Waals surface area (Å²) in [5.41, 5.74) is 4.03. The maximum Gasteiger partial charge on any atom is 0.222 e. The van der Waals surface area contributed by atoms with E-state index in [2.05, 4.69) is 25.6 Å². The van der Waals surface area contributed by atoms with Gasteiger partial charge in [-0.3, -0.25) is 14.5 Å². The van der Waals surface area contributed by atoms with Gasteiger partial charge < -0.3 is 5.32 Å². The molecule has 0 aliphatic heterocycles. The Kier molecular flexibility index (Phi) is 6.03. The highest BCUT2D eigenvalue weighted by atomic mass is 32.1. The Morgan fingerprint density at radius 1 is 1.23 bits per heavy atom. The van der Waals surface area contributed by atoms with Crippen LogP contribution in [0, 0.1) is 11.7 Å². The first-order valence-electron chi connectivity index (χ1n) is 9.98. The summed E-state index contributed by atoms with van der Waals surface area (Å²) in [6.45, 7) is 4.44. The molecule has 1 unspecified atom stereocenters. The van der Waals surface area contributed by atoms with E-state index in [1.807, 2.05) is 66.9 Å². The number of nitrogens with one attached hydrogen (secondary N) is 2. The van der Waals surface area contributed by atoms with E-state index in [9.17, 15) is 4.79 Å². The Morgan fingerprint density at radius 3 is 2.74 bits per heavy atom. The van der Waals surface area contributed by atoms with Crippen molar-refractivity contribution in [2.75, 3.05) is 0 Å². The Balaban J connectivity index is 1.39. The van der Waals surface area contributed by atoms with Crippen LogP contribution in [0.3, 0.4) is 0 Å². The lowest BCUT2D eigenvalue weighted by atomic mass is 10.1. The second kappa shape index (κ2) is 9.05. The molecule has 0 fully saturated rings. The van der Waals surface area contributed by atoms with Crippen molar-refractivity contribution in [1.29, 1.82) is 0 Å². The monoisotopic (exact) mass is 433 g/mol. The lowest BCUT2D eigenvalue weighted by Gasteiger charge is -2.15. The van der Waals surface area contributed by atoms with Crippen LogP contribution < -0.4 is 5.32 Å². The van der Waals surface area contributed by atoms with Crippen molar-refractivity contribution in [3.63, 3.8) is 0 Å². The average Bonchev–Trinajstić information content (AvgIpc) is 3.42. The summed E-state index contributed by atoms with van der Waals surface area (Å²) in [6.07, 6.45) is 3.44. The number of hydrogen-bond donors (Lipinski definition) is 2. The summed E-state index contributed by atoms with van der Waals surface area (Å²) in [4.78, 5) is 16.5. The lowest BCUT2D eigenvalue weighted by molar-refractivity contribution is -0.121. The minimum atomic E-state index is -0.120. The summed E-state index contributed by atoms with van der Waals surface area (Å²) in [5, 5.41) is 14.3. The van der Waals surface area contributed by atoms with Crippen LogP contribution >= 0.6 is 12.2 Å². The van der Waals surface area contributed by atoms with E-state index in [1.54, 1.807) is 11.0 Å². The Morgan fingerprint density at radius 2 is 2.03 bits per heavy atom. The predicted octanol–water partition coefficient (Wildman–Crippen LogP) is 3.76. The third kappa shape index (κ3) is 4.77. The predicted molar refractivity (Wildman–Crippen MR) is 120 cm³/mol. The van der Waals surface area contributed by atoms with E-state index in [0.717, 1.165) is 28.2 Å². The van der Waals surface area contributed by atoms with Gasteiger partial charge in [0.05, 0.1) is 11.7 Å². The van der Waals surface area contributed by atoms with Gasteiger partial charge in [-0.25, -0.2) is 9.67 Å². The molecule has 31 heavy (non-hydrogen) atoms. The van der Waals surface area contributed by atoms with Crippen molar-refractivity contribution in [2.45, 2.75) is 32.9 Å². The van der Waals surface area contributed by atoms with Crippen molar-refractivity contribution < 1.29 is 4.79 Å². The number of H-pyrrole nitrogens is 1. The van der Waals surface area contributed by atoms with Gasteiger partial charge >= 0.3 is 0 Å². The largest absolute Gasteiger partial charge is 0.350 e. The van der Waals surface area contributed by atoms with Crippen LogP contribution in [0.4, 0.5) is 0 Å². The first kappa shape index (κ1) is 20.7. The van der Waals surface area contributed by atoms with Crippen molar-refractivity contribution in [3.05, 3.63) is 77.1 Å². The number of aromatic amines is 1. The van der Waals surface area contributed by atoms with Gasteiger partial charge in [0.15, 0.2) is 10.6 Å². The summed E-state index contributed by atoms with van der Waals surface area (Å²) in [5.74, 6) is 0.685. The van der Waals surface area contributed by atoms with Gasteiger partial charge in [0, 0.05) is 18.5 Å². The van der Waals surface area contributed by atoms with Gasteiger partial charge in [-0.05, 0) is 49.8 Å². The molecule has 4 rings (SSSR count). The molecule has 0 radical (unpaired) electrons. The minimum Gasteiger partial charge on any atom is -0.350 e. The third-order valence-electron chi connectivity index (χ3n) is 5.05. The third-order valence-corrected chi connectivity index (χ3v) is 5.36. The molecule has 0 aliphatic carbocycles. The summed E-state index contributed by atoms with van der Waals surface area (Å²) in [6, 6.07) is 15.8. The number of rotatable bonds is 7. The van der Waals surface area contributed by atoms with Crippen molar-refractivity contribution in [2.24, 2.45) is 0 Å². The van der Waals surface area contributed by atoms with Gasteiger partial charge in [-0.1, -0.05) is 35.9 Å². The van der Waals surface area contributed by atoms with E-state index in [4.69, 9.17) is 12.2 Å². The highest BCUT2D eigenvalue weighted by Crippen LogP contribution is 2.19. The molecule has 2 heterocycles. The minimum absolute atomic E-state index is 0.0499. The van der Waals surface area contributed by atoms with E-state index in [-0.39, 0.29) is 11.9 Å². The van der Waals surface area contributed by atoms with E-state index in [0.29, 0.717) is 17.7 Å². The molecule has 0 saturated heterocycles. The van der Waals surface area contributed by atoms with Crippen LogP contribution in [0.5, 0.6) is 0 Å². The number of nitrogens with zero attached hydrogens (tertiary/aromatic N) is 5. The molecular formula is C22H23N7OS. The Hall–Kier alpha value is -3.59. The zero-order valence-electron chi connectivity index (χ0n) is 17.3. The highest BCUT2D eigenvalue weighted by Gasteiger charge is 2.13. The first-order valence-corrected chi connectivity index (χ1v) is 10.4. The highest BCUT2D eigenvalue weighted by molar-refractivity contribution is 7.71. The molecule has 0 spiro atoms. The Labute approximate surface area is 185 Å². The van der Waals surface area contributed by atoms with Gasteiger partial charge in [-0.15, -0.1) is 0 Å². The summed E-state index contributed by atoms with van der Waals surface area (Å²) >= 11 is 5.37. The number of aryl methyl sites for hydroxylation is 1. The van der Waals surface area contributed by atoms with Gasteiger partial charge in [0.25, 0.3) is 0 Å². The van der Waals surface area contributed by atoms with Crippen molar-refractivity contribution >= 4 is 18.1 Å². The molecule has 2 N–H and O–H groups in total. The van der Waals surface area contributed by atoms with Gasteiger partial charge in [0.1, 0.15) is 12.7 Å². The average molecular weight is 434 g/mol. The topological polar surface area (TPSA) is 93.4 Å². The lowest BCUT2D eigenvalue weighted by Crippen LogP contribution is -2.27. The fraction of sp³-hybridized carbons (Fsp3) is 0.227. The second-order valence-corrected chi connectivity index (χ2v) is 7.73. The summed E-state index contributed by atoms with van der Waals surface area (Å²) < 4.78 is 4.05. The van der Waals surface area contributed by atoms with Crippen LogP contribution in [0.15, 0.2) is 61.2 Å². The number of amides is 1.